The maximum absolute atomic E-state index is 16.0. The van der Waals surface area contributed by atoms with Crippen LogP contribution in [-0.2, 0) is 16.6 Å². The monoisotopic (exact) mass is 561 g/mol. The molecule has 3 aromatic rings. The van der Waals surface area contributed by atoms with E-state index in [2.05, 4.69) is 17.6 Å². The van der Waals surface area contributed by atoms with Gasteiger partial charge >= 0.3 is 0 Å². The second-order valence-corrected chi connectivity index (χ2v) is 12.4. The molecule has 4 aliphatic rings. The molecule has 2 atom stereocenters. The highest BCUT2D eigenvalue weighted by Gasteiger charge is 2.84. The molecule has 10 heteroatoms. The van der Waals surface area contributed by atoms with Crippen LogP contribution < -0.4 is 4.90 Å². The van der Waals surface area contributed by atoms with Crippen molar-refractivity contribution in [3.05, 3.63) is 75.6 Å². The number of alkyl halides is 2. The maximum atomic E-state index is 16.0. The number of aromatic nitrogens is 2. The van der Waals surface area contributed by atoms with Crippen molar-refractivity contribution in [3.8, 4) is 17.2 Å². The van der Waals surface area contributed by atoms with Crippen molar-refractivity contribution >= 4 is 23.1 Å². The van der Waals surface area contributed by atoms with Gasteiger partial charge in [-0.15, -0.1) is 11.3 Å². The number of pyridine rings is 1. The van der Waals surface area contributed by atoms with Gasteiger partial charge in [0.2, 0.25) is 5.91 Å². The summed E-state index contributed by atoms with van der Waals surface area (Å²) in [5.74, 6) is -4.51. The van der Waals surface area contributed by atoms with E-state index in [9.17, 15) is 10.1 Å². The number of fused-ring (bicyclic) bond motifs is 3. The molecular formula is C30H26F3N5OS. The SMILES string of the molecule is C=CC(=O)N1CC2(CCN(c3nc4c(c(-c5ccccc5F)c3C#N)CC[C@]3(c5scnc5C)[C@H]4C3(F)F)C2)C1. The van der Waals surface area contributed by atoms with Crippen LogP contribution in [-0.4, -0.2) is 52.9 Å². The number of rotatable bonds is 4. The lowest BCUT2D eigenvalue weighted by molar-refractivity contribution is -0.136. The van der Waals surface area contributed by atoms with Gasteiger partial charge in [0, 0.05) is 47.6 Å². The number of amides is 1. The van der Waals surface area contributed by atoms with Crippen molar-refractivity contribution < 1.29 is 18.0 Å². The van der Waals surface area contributed by atoms with Gasteiger partial charge in [0.15, 0.2) is 0 Å². The smallest absolute Gasteiger partial charge is 0.268 e. The first-order valence-electron chi connectivity index (χ1n) is 13.3. The molecule has 0 N–H and O–H groups in total. The lowest BCUT2D eigenvalue weighted by atomic mass is 9.79. The Labute approximate surface area is 233 Å². The van der Waals surface area contributed by atoms with Crippen molar-refractivity contribution in [2.75, 3.05) is 31.1 Å². The van der Waals surface area contributed by atoms with Crippen molar-refractivity contribution in [3.63, 3.8) is 0 Å². The number of hydrogen-bond acceptors (Lipinski definition) is 6. The molecule has 2 aliphatic heterocycles. The molecule has 1 spiro atoms. The highest BCUT2D eigenvalue weighted by Crippen LogP contribution is 2.76. The van der Waals surface area contributed by atoms with Crippen LogP contribution in [0.25, 0.3) is 11.1 Å². The second kappa shape index (κ2) is 8.40. The van der Waals surface area contributed by atoms with Crippen LogP contribution in [0.2, 0.25) is 0 Å². The number of anilines is 1. The molecule has 0 unspecified atom stereocenters. The fourth-order valence-electron chi connectivity index (χ4n) is 7.46. The molecule has 1 aromatic carbocycles. The Morgan fingerprint density at radius 2 is 2.02 bits per heavy atom. The topological polar surface area (TPSA) is 73.1 Å². The predicted molar refractivity (Wildman–Crippen MR) is 145 cm³/mol. The fourth-order valence-corrected chi connectivity index (χ4v) is 8.57. The van der Waals surface area contributed by atoms with Crippen LogP contribution in [0.5, 0.6) is 0 Å². The Balaban J connectivity index is 1.38. The predicted octanol–water partition coefficient (Wildman–Crippen LogP) is 5.37. The number of halogens is 3. The van der Waals surface area contributed by atoms with E-state index in [0.717, 1.165) is 6.42 Å². The third-order valence-electron chi connectivity index (χ3n) is 9.40. The molecule has 1 amide bonds. The molecule has 7 rings (SSSR count). The molecule has 0 bridgehead atoms. The van der Waals surface area contributed by atoms with E-state index in [-0.39, 0.29) is 41.0 Å². The Hall–Kier alpha value is -3.71. The molecule has 0 radical (unpaired) electrons. The van der Waals surface area contributed by atoms with Crippen molar-refractivity contribution in [1.29, 1.82) is 5.26 Å². The highest BCUT2D eigenvalue weighted by atomic mass is 32.1. The number of aryl methyl sites for hydroxylation is 1. The molecule has 4 heterocycles. The highest BCUT2D eigenvalue weighted by molar-refractivity contribution is 7.10. The second-order valence-electron chi connectivity index (χ2n) is 11.5. The number of hydrogen-bond donors (Lipinski definition) is 0. The maximum Gasteiger partial charge on any atom is 0.268 e. The molecule has 2 saturated heterocycles. The number of thiazole rings is 1. The number of likely N-dealkylation sites (tertiary alicyclic amines) is 1. The number of carbonyl (C=O) groups excluding carboxylic acids is 1. The van der Waals surface area contributed by atoms with E-state index in [4.69, 9.17) is 4.98 Å². The summed E-state index contributed by atoms with van der Waals surface area (Å²) >= 11 is 1.25. The van der Waals surface area contributed by atoms with Gasteiger partial charge in [0.25, 0.3) is 5.92 Å². The van der Waals surface area contributed by atoms with Gasteiger partial charge in [-0.1, -0.05) is 24.8 Å². The van der Waals surface area contributed by atoms with Gasteiger partial charge in [-0.05, 0) is 43.9 Å². The first-order chi connectivity index (χ1) is 19.2. The molecule has 2 aliphatic carbocycles. The van der Waals surface area contributed by atoms with E-state index in [1.165, 1.54) is 23.5 Å². The van der Waals surface area contributed by atoms with Gasteiger partial charge in [0.1, 0.15) is 23.3 Å². The van der Waals surface area contributed by atoms with E-state index >= 15 is 13.2 Å². The number of carbonyl (C=O) groups is 1. The quantitative estimate of drug-likeness (QED) is 0.401. The molecule has 3 fully saturated rings. The molecule has 6 nitrogen and oxygen atoms in total. The lowest BCUT2D eigenvalue weighted by Crippen LogP contribution is -2.59. The van der Waals surface area contributed by atoms with Gasteiger partial charge in [-0.2, -0.15) is 5.26 Å². The summed E-state index contributed by atoms with van der Waals surface area (Å²) in [6, 6.07) is 8.46. The minimum Gasteiger partial charge on any atom is -0.355 e. The molecule has 40 heavy (non-hydrogen) atoms. The zero-order chi connectivity index (χ0) is 28.0. The summed E-state index contributed by atoms with van der Waals surface area (Å²) in [6.45, 7) is 7.54. The van der Waals surface area contributed by atoms with E-state index in [1.54, 1.807) is 35.5 Å². The third-order valence-corrected chi connectivity index (χ3v) is 10.5. The van der Waals surface area contributed by atoms with Gasteiger partial charge < -0.3 is 9.80 Å². The Morgan fingerprint density at radius 3 is 2.70 bits per heavy atom. The van der Waals surface area contributed by atoms with Crippen LogP contribution in [0.15, 0.2) is 42.4 Å². The number of nitrogens with zero attached hydrogens (tertiary/aromatic N) is 5. The third kappa shape index (κ3) is 3.18. The van der Waals surface area contributed by atoms with Gasteiger partial charge in [0.05, 0.1) is 28.2 Å². The van der Waals surface area contributed by atoms with Crippen LogP contribution in [0.1, 0.15) is 46.2 Å². The van der Waals surface area contributed by atoms with Gasteiger partial charge in [-0.25, -0.2) is 23.1 Å². The van der Waals surface area contributed by atoms with Crippen molar-refractivity contribution in [2.24, 2.45) is 5.41 Å². The first kappa shape index (κ1) is 25.3. The van der Waals surface area contributed by atoms with Crippen molar-refractivity contribution in [1.82, 2.24) is 14.9 Å². The molecule has 2 aromatic heterocycles. The largest absolute Gasteiger partial charge is 0.355 e. The Bertz CT molecular complexity index is 1640. The van der Waals surface area contributed by atoms with Gasteiger partial charge in [-0.3, -0.25) is 4.79 Å². The molecule has 1 saturated carbocycles. The average molecular weight is 562 g/mol. The first-order valence-corrected chi connectivity index (χ1v) is 14.2. The van der Waals surface area contributed by atoms with Crippen LogP contribution in [0, 0.1) is 29.5 Å². The average Bonchev–Trinajstić information content (AvgIpc) is 3.30. The molecular weight excluding hydrogens is 535 g/mol. The summed E-state index contributed by atoms with van der Waals surface area (Å²) in [6.07, 6.45) is 2.50. The number of benzene rings is 1. The summed E-state index contributed by atoms with van der Waals surface area (Å²) in [4.78, 5) is 25.5. The van der Waals surface area contributed by atoms with Crippen LogP contribution in [0.3, 0.4) is 0 Å². The van der Waals surface area contributed by atoms with E-state index < -0.39 is 23.1 Å². The number of nitriles is 1. The Kier molecular flexibility index (Phi) is 5.31. The van der Waals surface area contributed by atoms with E-state index in [0.29, 0.717) is 53.7 Å². The summed E-state index contributed by atoms with van der Waals surface area (Å²) in [7, 11) is 0. The standard InChI is InChI=1S/C30H26F3N5OS/c1-3-22(39)38-14-28(15-38)10-11-37(13-28)27-20(12-34)23(18-6-4-5-7-21(18)31)19-8-9-29(26-17(2)35-16-40-26)25(24(19)36-27)30(29,32)33/h3-7,16,25H,1,8-11,13-15H2,2H3/t25-,29+/m0/s1. The summed E-state index contributed by atoms with van der Waals surface area (Å²) in [5, 5.41) is 10.4. The minimum absolute atomic E-state index is 0.124. The van der Waals surface area contributed by atoms with E-state index in [1.807, 2.05) is 4.90 Å². The summed E-state index contributed by atoms with van der Waals surface area (Å²) < 4.78 is 47.2. The minimum atomic E-state index is -3.04. The van der Waals surface area contributed by atoms with Crippen LogP contribution in [0.4, 0.5) is 19.0 Å². The van der Waals surface area contributed by atoms with Crippen molar-refractivity contribution in [2.45, 2.75) is 43.4 Å². The van der Waals surface area contributed by atoms with Crippen LogP contribution >= 0.6 is 11.3 Å². The zero-order valence-electron chi connectivity index (χ0n) is 21.9. The zero-order valence-corrected chi connectivity index (χ0v) is 22.7. The molecule has 204 valence electrons. The fraction of sp³-hybridized carbons (Fsp3) is 0.400. The normalized spacial score (nSPS) is 25.1. The Morgan fingerprint density at radius 1 is 1.25 bits per heavy atom. The lowest BCUT2D eigenvalue weighted by Gasteiger charge is -2.47. The summed E-state index contributed by atoms with van der Waals surface area (Å²) in [5.41, 5.74) is 2.26.